The van der Waals surface area contributed by atoms with Gasteiger partial charge in [-0.2, -0.15) is 0 Å². The lowest BCUT2D eigenvalue weighted by Gasteiger charge is -2.16. The molecule has 0 aliphatic heterocycles. The Balaban J connectivity index is 2.37. The molecule has 0 saturated heterocycles. The van der Waals surface area contributed by atoms with Gasteiger partial charge in [0, 0.05) is 18.7 Å². The van der Waals surface area contributed by atoms with Gasteiger partial charge in [-0.05, 0) is 0 Å². The van der Waals surface area contributed by atoms with E-state index in [2.05, 4.69) is 9.97 Å². The first-order chi connectivity index (χ1) is 9.06. The molecule has 1 aromatic heterocycles. The zero-order valence-corrected chi connectivity index (χ0v) is 11.1. The molecule has 1 aromatic carbocycles. The van der Waals surface area contributed by atoms with Gasteiger partial charge in [0.2, 0.25) is 5.91 Å². The number of halogens is 1. The fourth-order valence-corrected chi connectivity index (χ4v) is 1.81. The lowest BCUT2D eigenvalue weighted by atomic mass is 10.2. The second-order valence-electron chi connectivity index (χ2n) is 4.06. The van der Waals surface area contributed by atoms with Gasteiger partial charge in [0.25, 0.3) is 0 Å². The molecule has 2 aromatic rings. The number of benzene rings is 1. The van der Waals surface area contributed by atoms with E-state index in [4.69, 9.17) is 17.3 Å². The van der Waals surface area contributed by atoms with Crippen LogP contribution in [0.4, 0.5) is 5.82 Å². The molecule has 0 saturated carbocycles. The van der Waals surface area contributed by atoms with E-state index in [9.17, 15) is 4.79 Å². The minimum absolute atomic E-state index is 0.0710. The van der Waals surface area contributed by atoms with Crippen molar-refractivity contribution < 1.29 is 4.79 Å². The number of aromatic nitrogens is 2. The van der Waals surface area contributed by atoms with Crippen LogP contribution in [0.15, 0.2) is 36.4 Å². The number of rotatable bonds is 4. The molecule has 0 unspecified atom stereocenters. The molecule has 5 nitrogen and oxygen atoms in total. The molecular formula is C13H13ClN4O. The quantitative estimate of drug-likeness (QED) is 0.863. The molecule has 6 heteroatoms. The highest BCUT2D eigenvalue weighted by Gasteiger charge is 2.10. The lowest BCUT2D eigenvalue weighted by Crippen LogP contribution is -2.31. The molecule has 2 N–H and O–H groups in total. The van der Waals surface area contributed by atoms with Crippen LogP contribution in [0, 0.1) is 0 Å². The first-order valence-corrected chi connectivity index (χ1v) is 6.03. The van der Waals surface area contributed by atoms with E-state index < -0.39 is 5.91 Å². The van der Waals surface area contributed by atoms with Crippen LogP contribution in [0.1, 0.15) is 0 Å². The number of amides is 1. The monoisotopic (exact) mass is 276 g/mol. The Morgan fingerprint density at radius 1 is 1.32 bits per heavy atom. The predicted octanol–water partition coefficient (Wildman–Crippen LogP) is 1.72. The van der Waals surface area contributed by atoms with Crippen LogP contribution in [0.25, 0.3) is 11.4 Å². The number of nitrogens with two attached hydrogens (primary N) is 1. The highest BCUT2D eigenvalue weighted by atomic mass is 35.5. The molecule has 0 bridgehead atoms. The maximum Gasteiger partial charge on any atom is 0.236 e. The van der Waals surface area contributed by atoms with Crippen molar-refractivity contribution >= 4 is 23.3 Å². The van der Waals surface area contributed by atoms with E-state index in [0.717, 1.165) is 5.56 Å². The molecule has 0 atom stereocenters. The average molecular weight is 277 g/mol. The smallest absolute Gasteiger partial charge is 0.236 e. The molecule has 0 fully saturated rings. The zero-order valence-electron chi connectivity index (χ0n) is 10.4. The van der Waals surface area contributed by atoms with E-state index in [-0.39, 0.29) is 6.54 Å². The Kier molecular flexibility index (Phi) is 3.97. The molecule has 2 rings (SSSR count). The summed E-state index contributed by atoms with van der Waals surface area (Å²) in [5, 5.41) is 0.320. The summed E-state index contributed by atoms with van der Waals surface area (Å²) >= 11 is 5.99. The topological polar surface area (TPSA) is 72.1 Å². The van der Waals surface area contributed by atoms with Gasteiger partial charge in [0.1, 0.15) is 11.0 Å². The van der Waals surface area contributed by atoms with E-state index in [0.29, 0.717) is 16.8 Å². The van der Waals surface area contributed by atoms with E-state index in [1.165, 1.54) is 0 Å². The number of hydrogen-bond donors (Lipinski definition) is 1. The molecule has 98 valence electrons. The van der Waals surface area contributed by atoms with Gasteiger partial charge in [0.05, 0.1) is 6.54 Å². The number of hydrogen-bond acceptors (Lipinski definition) is 4. The molecule has 0 radical (unpaired) electrons. The molecule has 1 amide bonds. The summed E-state index contributed by atoms with van der Waals surface area (Å²) in [4.78, 5) is 21.1. The van der Waals surface area contributed by atoms with Gasteiger partial charge in [-0.15, -0.1) is 0 Å². The fraction of sp³-hybridized carbons (Fsp3) is 0.154. The summed E-state index contributed by atoms with van der Waals surface area (Å²) in [6.45, 7) is 0.0710. The van der Waals surface area contributed by atoms with Gasteiger partial charge in [0.15, 0.2) is 5.82 Å². The summed E-state index contributed by atoms with van der Waals surface area (Å²) in [5.41, 5.74) is 6.02. The molecule has 0 aliphatic carbocycles. The second-order valence-corrected chi connectivity index (χ2v) is 4.45. The lowest BCUT2D eigenvalue weighted by molar-refractivity contribution is -0.116. The van der Waals surface area contributed by atoms with E-state index in [1.54, 1.807) is 18.0 Å². The van der Waals surface area contributed by atoms with Crippen LogP contribution in [0.2, 0.25) is 5.15 Å². The second kappa shape index (κ2) is 5.67. The first kappa shape index (κ1) is 13.3. The Bertz CT molecular complexity index is 588. The summed E-state index contributed by atoms with van der Waals surface area (Å²) in [6, 6.07) is 11.1. The number of carbonyl (C=O) groups is 1. The number of anilines is 1. The summed E-state index contributed by atoms with van der Waals surface area (Å²) in [5.74, 6) is 0.635. The summed E-state index contributed by atoms with van der Waals surface area (Å²) in [7, 11) is 1.72. The van der Waals surface area contributed by atoms with E-state index >= 15 is 0 Å². The van der Waals surface area contributed by atoms with Crippen molar-refractivity contribution in [1.29, 1.82) is 0 Å². The third kappa shape index (κ3) is 3.42. The highest BCUT2D eigenvalue weighted by molar-refractivity contribution is 6.29. The van der Waals surface area contributed by atoms with Gasteiger partial charge in [-0.1, -0.05) is 41.9 Å². The van der Waals surface area contributed by atoms with Crippen LogP contribution in [0.3, 0.4) is 0 Å². The number of primary amides is 1. The molecule has 19 heavy (non-hydrogen) atoms. The van der Waals surface area contributed by atoms with Crippen molar-refractivity contribution in [3.63, 3.8) is 0 Å². The minimum Gasteiger partial charge on any atom is -0.368 e. The van der Waals surface area contributed by atoms with Crippen LogP contribution >= 0.6 is 11.6 Å². The summed E-state index contributed by atoms with van der Waals surface area (Å²) in [6.07, 6.45) is 0. The van der Waals surface area contributed by atoms with Crippen LogP contribution in [-0.2, 0) is 4.79 Å². The third-order valence-electron chi connectivity index (χ3n) is 2.50. The van der Waals surface area contributed by atoms with Crippen molar-refractivity contribution in [3.8, 4) is 11.4 Å². The van der Waals surface area contributed by atoms with Crippen LogP contribution in [-0.4, -0.2) is 29.5 Å². The highest BCUT2D eigenvalue weighted by Crippen LogP contribution is 2.21. The normalized spacial score (nSPS) is 10.2. The van der Waals surface area contributed by atoms with E-state index in [1.807, 2.05) is 30.3 Å². The molecular weight excluding hydrogens is 264 g/mol. The fourth-order valence-electron chi connectivity index (χ4n) is 1.63. The Morgan fingerprint density at radius 3 is 2.63 bits per heavy atom. The third-order valence-corrected chi connectivity index (χ3v) is 2.69. The maximum absolute atomic E-state index is 10.9. The number of nitrogens with zero attached hydrogens (tertiary/aromatic N) is 3. The maximum atomic E-state index is 10.9. The first-order valence-electron chi connectivity index (χ1n) is 5.65. The van der Waals surface area contributed by atoms with Crippen molar-refractivity contribution in [2.24, 2.45) is 5.73 Å². The SMILES string of the molecule is CN(CC(N)=O)c1cc(Cl)nc(-c2ccccc2)n1. The molecule has 1 heterocycles. The molecule has 0 aliphatic rings. The zero-order chi connectivity index (χ0) is 13.8. The van der Waals surface area contributed by atoms with Gasteiger partial charge in [-0.25, -0.2) is 9.97 Å². The van der Waals surface area contributed by atoms with Crippen molar-refractivity contribution in [2.45, 2.75) is 0 Å². The Labute approximate surface area is 116 Å². The predicted molar refractivity (Wildman–Crippen MR) is 74.9 cm³/mol. The van der Waals surface area contributed by atoms with Crippen molar-refractivity contribution in [1.82, 2.24) is 9.97 Å². The average Bonchev–Trinajstić information content (AvgIpc) is 2.38. The molecule has 0 spiro atoms. The number of likely N-dealkylation sites (N-methyl/N-ethyl adjacent to an activating group) is 1. The van der Waals surface area contributed by atoms with Crippen molar-refractivity contribution in [2.75, 3.05) is 18.5 Å². The van der Waals surface area contributed by atoms with Crippen LogP contribution in [0.5, 0.6) is 0 Å². The standard InChI is InChI=1S/C13H13ClN4O/c1-18(8-11(15)19)12-7-10(14)16-13(17-12)9-5-3-2-4-6-9/h2-7H,8H2,1H3,(H2,15,19). The van der Waals surface area contributed by atoms with Gasteiger partial charge >= 0.3 is 0 Å². The largest absolute Gasteiger partial charge is 0.368 e. The minimum atomic E-state index is -0.432. The van der Waals surface area contributed by atoms with Crippen molar-refractivity contribution in [3.05, 3.63) is 41.6 Å². The Hall–Kier alpha value is -2.14. The van der Waals surface area contributed by atoms with Crippen LogP contribution < -0.4 is 10.6 Å². The number of carbonyl (C=O) groups excluding carboxylic acids is 1. The van der Waals surface area contributed by atoms with Gasteiger partial charge < -0.3 is 10.6 Å². The Morgan fingerprint density at radius 2 is 2.00 bits per heavy atom. The van der Waals surface area contributed by atoms with Gasteiger partial charge in [-0.3, -0.25) is 4.79 Å². The summed E-state index contributed by atoms with van der Waals surface area (Å²) < 4.78 is 0.